The van der Waals surface area contributed by atoms with Crippen molar-refractivity contribution in [1.82, 2.24) is 5.32 Å². The van der Waals surface area contributed by atoms with Crippen LogP contribution in [0.5, 0.6) is 5.75 Å². The molecule has 1 saturated heterocycles. The van der Waals surface area contributed by atoms with E-state index in [1.54, 1.807) is 4.90 Å². The SMILES string of the molecule is O=C(NCc1ccc(C[NH+]2CCCCC2)cc1)[C@H]1COc2ccc(Cl)cc2C1. The molecule has 148 valence electrons. The number of benzene rings is 2. The zero-order valence-electron chi connectivity index (χ0n) is 16.2. The molecule has 0 aromatic heterocycles. The molecule has 0 aliphatic carbocycles. The second kappa shape index (κ2) is 8.97. The Balaban J connectivity index is 1.27. The van der Waals surface area contributed by atoms with E-state index in [4.69, 9.17) is 16.3 Å². The molecule has 0 radical (unpaired) electrons. The number of hydrogen-bond acceptors (Lipinski definition) is 2. The molecule has 0 saturated carbocycles. The largest absolute Gasteiger partial charge is 0.492 e. The lowest BCUT2D eigenvalue weighted by Crippen LogP contribution is -3.11. The van der Waals surface area contributed by atoms with Crippen molar-refractivity contribution in [1.29, 1.82) is 0 Å². The second-order valence-electron chi connectivity index (χ2n) is 7.99. The number of carbonyl (C=O) groups is 1. The molecule has 28 heavy (non-hydrogen) atoms. The van der Waals surface area contributed by atoms with Gasteiger partial charge in [0.2, 0.25) is 5.91 Å². The molecule has 4 nitrogen and oxygen atoms in total. The quantitative estimate of drug-likeness (QED) is 0.811. The van der Waals surface area contributed by atoms with Gasteiger partial charge in [0, 0.05) is 17.1 Å². The molecule has 2 aromatic rings. The predicted molar refractivity (Wildman–Crippen MR) is 111 cm³/mol. The highest BCUT2D eigenvalue weighted by Crippen LogP contribution is 2.29. The molecule has 2 N–H and O–H groups in total. The smallest absolute Gasteiger partial charge is 0.227 e. The fourth-order valence-corrected chi connectivity index (χ4v) is 4.35. The Hall–Kier alpha value is -2.04. The molecule has 1 atom stereocenters. The summed E-state index contributed by atoms with van der Waals surface area (Å²) in [5.41, 5.74) is 3.51. The third kappa shape index (κ3) is 4.86. The number of piperidine rings is 1. The summed E-state index contributed by atoms with van der Waals surface area (Å²) < 4.78 is 5.73. The number of halogens is 1. The summed E-state index contributed by atoms with van der Waals surface area (Å²) >= 11 is 6.06. The number of fused-ring (bicyclic) bond motifs is 1. The third-order valence-electron chi connectivity index (χ3n) is 5.80. The van der Waals surface area contributed by atoms with Crippen LogP contribution in [0.4, 0.5) is 0 Å². The van der Waals surface area contributed by atoms with Crippen molar-refractivity contribution in [2.24, 2.45) is 5.92 Å². The van der Waals surface area contributed by atoms with E-state index >= 15 is 0 Å². The fraction of sp³-hybridized carbons (Fsp3) is 0.435. The Labute approximate surface area is 171 Å². The van der Waals surface area contributed by atoms with E-state index in [1.807, 2.05) is 18.2 Å². The van der Waals surface area contributed by atoms with Gasteiger partial charge in [0.25, 0.3) is 0 Å². The van der Waals surface area contributed by atoms with E-state index in [1.165, 1.54) is 37.9 Å². The maximum atomic E-state index is 12.6. The summed E-state index contributed by atoms with van der Waals surface area (Å²) in [5, 5.41) is 3.73. The van der Waals surface area contributed by atoms with Crippen molar-refractivity contribution in [2.45, 2.75) is 38.8 Å². The average molecular weight is 400 g/mol. The van der Waals surface area contributed by atoms with Gasteiger partial charge in [-0.25, -0.2) is 0 Å². The van der Waals surface area contributed by atoms with Crippen LogP contribution in [0.2, 0.25) is 5.02 Å². The number of likely N-dealkylation sites (tertiary alicyclic amines) is 1. The van der Waals surface area contributed by atoms with E-state index in [-0.39, 0.29) is 11.8 Å². The van der Waals surface area contributed by atoms with E-state index in [2.05, 4.69) is 29.6 Å². The molecule has 1 amide bonds. The summed E-state index contributed by atoms with van der Waals surface area (Å²) in [6.07, 6.45) is 4.74. The Kier molecular flexibility index (Phi) is 6.18. The zero-order chi connectivity index (χ0) is 19.3. The van der Waals surface area contributed by atoms with Crippen LogP contribution in [-0.2, 0) is 24.3 Å². The van der Waals surface area contributed by atoms with Gasteiger partial charge in [-0.15, -0.1) is 0 Å². The van der Waals surface area contributed by atoms with Crippen LogP contribution < -0.4 is 15.0 Å². The van der Waals surface area contributed by atoms with Crippen LogP contribution >= 0.6 is 11.6 Å². The van der Waals surface area contributed by atoms with Crippen molar-refractivity contribution < 1.29 is 14.4 Å². The maximum absolute atomic E-state index is 12.6. The first kappa shape index (κ1) is 19.3. The predicted octanol–water partition coefficient (Wildman–Crippen LogP) is 2.78. The summed E-state index contributed by atoms with van der Waals surface area (Å²) in [6, 6.07) is 14.2. The standard InChI is InChI=1S/C23H27ClN2O2/c24-21-8-9-22-19(13-21)12-20(16-28-22)23(27)25-14-17-4-6-18(7-5-17)15-26-10-2-1-3-11-26/h4-9,13,20H,1-3,10-12,14-16H2,(H,25,27)/p+1/t20-/m1/s1. The van der Waals surface area contributed by atoms with Crippen molar-refractivity contribution in [3.8, 4) is 5.75 Å². The molecule has 0 spiro atoms. The molecule has 0 unspecified atom stereocenters. The van der Waals surface area contributed by atoms with E-state index in [9.17, 15) is 4.79 Å². The lowest BCUT2D eigenvalue weighted by atomic mass is 9.96. The van der Waals surface area contributed by atoms with Crippen molar-refractivity contribution in [3.63, 3.8) is 0 Å². The van der Waals surface area contributed by atoms with Gasteiger partial charge in [0.15, 0.2) is 0 Å². The molecule has 5 heteroatoms. The van der Waals surface area contributed by atoms with Crippen LogP contribution in [0.1, 0.15) is 36.0 Å². The van der Waals surface area contributed by atoms with Crippen molar-refractivity contribution in [2.75, 3.05) is 19.7 Å². The minimum absolute atomic E-state index is 0.0347. The van der Waals surface area contributed by atoms with Gasteiger partial charge in [-0.2, -0.15) is 0 Å². The van der Waals surface area contributed by atoms with Crippen LogP contribution in [0.15, 0.2) is 42.5 Å². The van der Waals surface area contributed by atoms with Gasteiger partial charge >= 0.3 is 0 Å². The lowest BCUT2D eigenvalue weighted by molar-refractivity contribution is -0.918. The Bertz CT molecular complexity index is 816. The van der Waals surface area contributed by atoms with Gasteiger partial charge in [-0.1, -0.05) is 35.9 Å². The van der Waals surface area contributed by atoms with Gasteiger partial charge in [-0.05, 0) is 55.0 Å². The normalized spacial score (nSPS) is 19.5. The molecular formula is C23H28ClN2O2+. The molecule has 2 aromatic carbocycles. The number of ether oxygens (including phenoxy) is 1. The number of quaternary nitrogens is 1. The molecule has 2 aliphatic rings. The fourth-order valence-electron chi connectivity index (χ4n) is 4.16. The van der Waals surface area contributed by atoms with E-state index < -0.39 is 0 Å². The lowest BCUT2D eigenvalue weighted by Gasteiger charge is -2.25. The molecular weight excluding hydrogens is 372 g/mol. The third-order valence-corrected chi connectivity index (χ3v) is 6.04. The summed E-state index contributed by atoms with van der Waals surface area (Å²) in [6.45, 7) is 4.64. The molecule has 2 heterocycles. The highest BCUT2D eigenvalue weighted by Gasteiger charge is 2.26. The van der Waals surface area contributed by atoms with Gasteiger partial charge in [0.1, 0.15) is 18.9 Å². The first-order valence-electron chi connectivity index (χ1n) is 10.3. The zero-order valence-corrected chi connectivity index (χ0v) is 16.9. The van der Waals surface area contributed by atoms with Crippen LogP contribution in [0.3, 0.4) is 0 Å². The minimum Gasteiger partial charge on any atom is -0.492 e. The molecule has 0 bridgehead atoms. The maximum Gasteiger partial charge on any atom is 0.227 e. The van der Waals surface area contributed by atoms with Crippen LogP contribution in [-0.4, -0.2) is 25.6 Å². The molecule has 4 rings (SSSR count). The Morgan fingerprint density at radius 3 is 2.61 bits per heavy atom. The molecule has 2 aliphatic heterocycles. The van der Waals surface area contributed by atoms with E-state index in [0.29, 0.717) is 24.6 Å². The number of rotatable bonds is 5. The minimum atomic E-state index is -0.173. The number of amides is 1. The van der Waals surface area contributed by atoms with Gasteiger partial charge in [-0.3, -0.25) is 4.79 Å². The number of hydrogen-bond donors (Lipinski definition) is 2. The first-order valence-corrected chi connectivity index (χ1v) is 10.7. The Morgan fingerprint density at radius 2 is 1.82 bits per heavy atom. The van der Waals surface area contributed by atoms with Crippen molar-refractivity contribution in [3.05, 3.63) is 64.2 Å². The number of nitrogens with one attached hydrogen (secondary N) is 2. The molecule has 1 fully saturated rings. The Morgan fingerprint density at radius 1 is 1.07 bits per heavy atom. The summed E-state index contributed by atoms with van der Waals surface area (Å²) in [5.74, 6) is 0.695. The van der Waals surface area contributed by atoms with Crippen molar-refractivity contribution >= 4 is 17.5 Å². The monoisotopic (exact) mass is 399 g/mol. The highest BCUT2D eigenvalue weighted by molar-refractivity contribution is 6.30. The highest BCUT2D eigenvalue weighted by atomic mass is 35.5. The van der Waals surface area contributed by atoms with Gasteiger partial charge < -0.3 is 15.0 Å². The van der Waals surface area contributed by atoms with Crippen LogP contribution in [0.25, 0.3) is 0 Å². The second-order valence-corrected chi connectivity index (χ2v) is 8.42. The van der Waals surface area contributed by atoms with Crippen LogP contribution in [0, 0.1) is 5.92 Å². The summed E-state index contributed by atoms with van der Waals surface area (Å²) in [4.78, 5) is 14.3. The average Bonchev–Trinajstić information content (AvgIpc) is 2.73. The van der Waals surface area contributed by atoms with Gasteiger partial charge in [0.05, 0.1) is 19.0 Å². The summed E-state index contributed by atoms with van der Waals surface area (Å²) in [7, 11) is 0. The van der Waals surface area contributed by atoms with E-state index in [0.717, 1.165) is 23.4 Å². The topological polar surface area (TPSA) is 42.8 Å². The number of carbonyl (C=O) groups excluding carboxylic acids is 1. The first-order chi connectivity index (χ1) is 13.7.